The predicted molar refractivity (Wildman–Crippen MR) is 77.4 cm³/mol. The molecule has 21 heavy (non-hydrogen) atoms. The SMILES string of the molecule is NC(=O)C1(Nc2ccc(F)cc2)CCOc2ccccc21. The van der Waals surface area contributed by atoms with Crippen molar-refractivity contribution < 1.29 is 13.9 Å². The van der Waals surface area contributed by atoms with Gasteiger partial charge in [-0.2, -0.15) is 0 Å². The molecule has 0 saturated heterocycles. The first-order valence-corrected chi connectivity index (χ1v) is 6.68. The summed E-state index contributed by atoms with van der Waals surface area (Å²) in [6.07, 6.45) is 0.413. The minimum absolute atomic E-state index is 0.332. The van der Waals surface area contributed by atoms with Crippen LogP contribution in [0.15, 0.2) is 48.5 Å². The maximum atomic E-state index is 13.0. The van der Waals surface area contributed by atoms with Gasteiger partial charge in [-0.1, -0.05) is 18.2 Å². The van der Waals surface area contributed by atoms with E-state index in [-0.39, 0.29) is 5.82 Å². The fourth-order valence-corrected chi connectivity index (χ4v) is 2.62. The van der Waals surface area contributed by atoms with Gasteiger partial charge in [0.25, 0.3) is 0 Å². The number of amides is 1. The van der Waals surface area contributed by atoms with Crippen molar-refractivity contribution in [1.29, 1.82) is 0 Å². The van der Waals surface area contributed by atoms with Crippen LogP contribution in [-0.2, 0) is 10.3 Å². The normalized spacial score (nSPS) is 20.2. The first kappa shape index (κ1) is 13.4. The molecule has 0 spiro atoms. The van der Waals surface area contributed by atoms with Gasteiger partial charge in [0.1, 0.15) is 17.1 Å². The lowest BCUT2D eigenvalue weighted by Crippen LogP contribution is -2.50. The molecule has 108 valence electrons. The molecule has 3 rings (SSSR count). The monoisotopic (exact) mass is 286 g/mol. The van der Waals surface area contributed by atoms with E-state index in [1.54, 1.807) is 18.2 Å². The van der Waals surface area contributed by atoms with E-state index in [1.807, 2.05) is 18.2 Å². The van der Waals surface area contributed by atoms with Crippen LogP contribution in [0.3, 0.4) is 0 Å². The van der Waals surface area contributed by atoms with Crippen molar-refractivity contribution >= 4 is 11.6 Å². The van der Waals surface area contributed by atoms with Gasteiger partial charge in [0.2, 0.25) is 5.91 Å². The highest BCUT2D eigenvalue weighted by Crippen LogP contribution is 2.39. The third-order valence-corrected chi connectivity index (χ3v) is 3.70. The summed E-state index contributed by atoms with van der Waals surface area (Å²) in [7, 11) is 0. The Balaban J connectivity index is 2.05. The smallest absolute Gasteiger partial charge is 0.248 e. The molecule has 0 saturated carbocycles. The number of nitrogens with two attached hydrogens (primary N) is 1. The summed E-state index contributed by atoms with van der Waals surface area (Å²) in [5.74, 6) is -0.180. The Morgan fingerprint density at radius 2 is 1.90 bits per heavy atom. The average molecular weight is 286 g/mol. The number of anilines is 1. The Labute approximate surface area is 121 Å². The van der Waals surface area contributed by atoms with Crippen molar-refractivity contribution in [3.63, 3.8) is 0 Å². The van der Waals surface area contributed by atoms with Gasteiger partial charge >= 0.3 is 0 Å². The maximum Gasteiger partial charge on any atom is 0.248 e. The molecule has 1 aliphatic rings. The fraction of sp³-hybridized carbons (Fsp3) is 0.188. The Morgan fingerprint density at radius 3 is 2.62 bits per heavy atom. The number of hydrogen-bond donors (Lipinski definition) is 2. The van der Waals surface area contributed by atoms with E-state index in [4.69, 9.17) is 10.5 Å². The molecule has 0 radical (unpaired) electrons. The Morgan fingerprint density at radius 1 is 1.19 bits per heavy atom. The molecule has 0 aliphatic carbocycles. The number of carbonyl (C=O) groups is 1. The summed E-state index contributed by atoms with van der Waals surface area (Å²) in [6, 6.07) is 13.1. The van der Waals surface area contributed by atoms with E-state index < -0.39 is 11.4 Å². The first-order valence-electron chi connectivity index (χ1n) is 6.68. The molecule has 4 nitrogen and oxygen atoms in total. The quantitative estimate of drug-likeness (QED) is 0.910. The molecule has 1 aliphatic heterocycles. The molecular formula is C16H15FN2O2. The third-order valence-electron chi connectivity index (χ3n) is 3.70. The maximum absolute atomic E-state index is 13.0. The van der Waals surface area contributed by atoms with E-state index in [2.05, 4.69) is 5.32 Å². The summed E-state index contributed by atoms with van der Waals surface area (Å²) < 4.78 is 18.6. The lowest BCUT2D eigenvalue weighted by Gasteiger charge is -2.37. The average Bonchev–Trinajstić information content (AvgIpc) is 2.50. The van der Waals surface area contributed by atoms with Crippen LogP contribution in [0.2, 0.25) is 0 Å². The van der Waals surface area contributed by atoms with Crippen LogP contribution >= 0.6 is 0 Å². The highest BCUT2D eigenvalue weighted by atomic mass is 19.1. The molecule has 3 N–H and O–H groups in total. The second-order valence-electron chi connectivity index (χ2n) is 5.00. The number of benzene rings is 2. The van der Waals surface area contributed by atoms with Crippen molar-refractivity contribution in [3.05, 3.63) is 59.9 Å². The summed E-state index contributed by atoms with van der Waals surface area (Å²) in [6.45, 7) is 0.383. The number of ether oxygens (including phenoxy) is 1. The minimum atomic E-state index is -1.05. The van der Waals surface area contributed by atoms with Gasteiger partial charge in [-0.05, 0) is 30.3 Å². The van der Waals surface area contributed by atoms with Crippen LogP contribution in [0, 0.1) is 5.82 Å². The van der Waals surface area contributed by atoms with Crippen molar-refractivity contribution in [3.8, 4) is 5.75 Å². The minimum Gasteiger partial charge on any atom is -0.493 e. The highest BCUT2D eigenvalue weighted by Gasteiger charge is 2.43. The second kappa shape index (κ2) is 5.09. The summed E-state index contributed by atoms with van der Waals surface area (Å²) >= 11 is 0. The Kier molecular flexibility index (Phi) is 3.25. The predicted octanol–water partition coefficient (Wildman–Crippen LogP) is 2.40. The lowest BCUT2D eigenvalue weighted by molar-refractivity contribution is -0.123. The van der Waals surface area contributed by atoms with Crippen LogP contribution in [0.1, 0.15) is 12.0 Å². The molecule has 0 fully saturated rings. The molecule has 1 amide bonds. The summed E-state index contributed by atoms with van der Waals surface area (Å²) in [5, 5.41) is 3.16. The number of para-hydroxylation sites is 1. The van der Waals surface area contributed by atoms with Crippen molar-refractivity contribution in [2.24, 2.45) is 5.73 Å². The largest absolute Gasteiger partial charge is 0.493 e. The van der Waals surface area contributed by atoms with Gasteiger partial charge in [0, 0.05) is 17.7 Å². The summed E-state index contributed by atoms with van der Waals surface area (Å²) in [5.41, 5.74) is 5.95. The van der Waals surface area contributed by atoms with E-state index in [1.165, 1.54) is 12.1 Å². The number of rotatable bonds is 3. The lowest BCUT2D eigenvalue weighted by atomic mass is 9.83. The van der Waals surface area contributed by atoms with E-state index >= 15 is 0 Å². The van der Waals surface area contributed by atoms with E-state index in [0.29, 0.717) is 30.0 Å². The zero-order valence-electron chi connectivity index (χ0n) is 11.3. The van der Waals surface area contributed by atoms with Gasteiger partial charge in [-0.15, -0.1) is 0 Å². The molecular weight excluding hydrogens is 271 g/mol. The van der Waals surface area contributed by atoms with Crippen molar-refractivity contribution in [1.82, 2.24) is 0 Å². The Bertz CT molecular complexity index is 672. The number of hydrogen-bond acceptors (Lipinski definition) is 3. The standard InChI is InChI=1S/C16H15FN2O2/c17-11-5-7-12(8-6-11)19-16(15(18)20)9-10-21-14-4-2-1-3-13(14)16/h1-8,19H,9-10H2,(H2,18,20). The molecule has 0 aromatic heterocycles. The van der Waals surface area contributed by atoms with Crippen LogP contribution < -0.4 is 15.8 Å². The van der Waals surface area contributed by atoms with Crippen LogP contribution in [0.5, 0.6) is 5.75 Å². The fourth-order valence-electron chi connectivity index (χ4n) is 2.62. The van der Waals surface area contributed by atoms with E-state index in [9.17, 15) is 9.18 Å². The number of primary amides is 1. The Hall–Kier alpha value is -2.56. The van der Waals surface area contributed by atoms with Crippen LogP contribution in [-0.4, -0.2) is 12.5 Å². The zero-order valence-corrected chi connectivity index (χ0v) is 11.3. The molecule has 2 aromatic carbocycles. The topological polar surface area (TPSA) is 64.4 Å². The molecule has 2 aromatic rings. The number of fused-ring (bicyclic) bond motifs is 1. The first-order chi connectivity index (χ1) is 10.1. The van der Waals surface area contributed by atoms with Gasteiger partial charge in [0.15, 0.2) is 0 Å². The van der Waals surface area contributed by atoms with E-state index in [0.717, 1.165) is 0 Å². The molecule has 1 heterocycles. The van der Waals surface area contributed by atoms with Crippen LogP contribution in [0.25, 0.3) is 0 Å². The zero-order chi connectivity index (χ0) is 14.9. The molecule has 1 atom stereocenters. The summed E-state index contributed by atoms with van der Waals surface area (Å²) in [4.78, 5) is 12.1. The molecule has 1 unspecified atom stereocenters. The highest BCUT2D eigenvalue weighted by molar-refractivity contribution is 5.90. The van der Waals surface area contributed by atoms with Crippen LogP contribution in [0.4, 0.5) is 10.1 Å². The van der Waals surface area contributed by atoms with Gasteiger partial charge in [-0.25, -0.2) is 4.39 Å². The van der Waals surface area contributed by atoms with Crippen molar-refractivity contribution in [2.75, 3.05) is 11.9 Å². The number of halogens is 1. The molecule has 5 heteroatoms. The number of carbonyl (C=O) groups excluding carboxylic acids is 1. The number of nitrogens with one attached hydrogen (secondary N) is 1. The second-order valence-corrected chi connectivity index (χ2v) is 5.00. The molecule has 0 bridgehead atoms. The van der Waals surface area contributed by atoms with Gasteiger partial charge in [0.05, 0.1) is 6.61 Å². The van der Waals surface area contributed by atoms with Gasteiger partial charge < -0.3 is 15.8 Å². The third kappa shape index (κ3) is 2.31. The van der Waals surface area contributed by atoms with Gasteiger partial charge in [-0.3, -0.25) is 4.79 Å². The van der Waals surface area contributed by atoms with Crippen molar-refractivity contribution in [2.45, 2.75) is 12.0 Å².